The van der Waals surface area contributed by atoms with Gasteiger partial charge in [0.25, 0.3) is 0 Å². The van der Waals surface area contributed by atoms with Crippen LogP contribution in [0.1, 0.15) is 5.69 Å². The molecule has 5 nitrogen and oxygen atoms in total. The van der Waals surface area contributed by atoms with E-state index >= 15 is 0 Å². The van der Waals surface area contributed by atoms with Crippen LogP contribution in [0.25, 0.3) is 0 Å². The van der Waals surface area contributed by atoms with E-state index in [0.717, 1.165) is 17.8 Å². The molecule has 0 radical (unpaired) electrons. The van der Waals surface area contributed by atoms with Crippen LogP contribution in [0.15, 0.2) is 35.7 Å². The smallest absolute Gasteiger partial charge is 0.0844 e. The Morgan fingerprint density at radius 1 is 1.06 bits per heavy atom. The Kier molecular flexibility index (Phi) is 7.07. The molecule has 2 aromatic heterocycles. The van der Waals surface area contributed by atoms with Gasteiger partial charge in [-0.1, -0.05) is 0 Å². The highest BCUT2D eigenvalue weighted by Gasteiger charge is 2.03. The van der Waals surface area contributed by atoms with Crippen LogP contribution < -0.4 is 0 Å². The number of halogens is 2. The van der Waals surface area contributed by atoms with Crippen molar-refractivity contribution in [1.82, 2.24) is 20.4 Å². The maximum absolute atomic E-state index is 4.13. The summed E-state index contributed by atoms with van der Waals surface area (Å²) >= 11 is 0. The number of hydrogen-bond donors (Lipinski definition) is 1. The zero-order chi connectivity index (χ0) is 9.64. The van der Waals surface area contributed by atoms with Gasteiger partial charge >= 0.3 is 0 Å². The monoisotopic (exact) mass is 259 g/mol. The average Bonchev–Trinajstić information content (AvgIpc) is 2.92. The van der Waals surface area contributed by atoms with E-state index in [1.165, 1.54) is 0 Å². The zero-order valence-corrected chi connectivity index (χ0v) is 9.91. The number of nitrogens with zero attached hydrogens (tertiary/aromatic N) is 4. The molecule has 0 aromatic carbocycles. The standard InChI is InChI=1S/C7H6N2.C2H3N3.2ClH/c1-2-6-7(8-4-1)3-5-9-6;1-2-4-5-3-1;;/h1-2,4-5H,3H2;1-2H,(H,3,4,5);2*1H. The Labute approximate surface area is 105 Å². The van der Waals surface area contributed by atoms with E-state index in [1.807, 2.05) is 18.3 Å². The molecule has 0 saturated heterocycles. The lowest BCUT2D eigenvalue weighted by atomic mass is 10.3. The fourth-order valence-electron chi connectivity index (χ4n) is 1.10. The van der Waals surface area contributed by atoms with E-state index in [4.69, 9.17) is 0 Å². The first kappa shape index (κ1) is 14.5. The Morgan fingerprint density at radius 3 is 2.38 bits per heavy atom. The predicted molar refractivity (Wildman–Crippen MR) is 67.0 cm³/mol. The molecule has 0 bridgehead atoms. The summed E-state index contributed by atoms with van der Waals surface area (Å²) in [5.74, 6) is 0. The Bertz CT molecular complexity index is 398. The van der Waals surface area contributed by atoms with Crippen LogP contribution in [0.3, 0.4) is 0 Å². The molecule has 0 saturated carbocycles. The number of hydrogen-bond acceptors (Lipinski definition) is 4. The lowest BCUT2D eigenvalue weighted by Gasteiger charge is -1.90. The average molecular weight is 260 g/mol. The molecule has 3 rings (SSSR count). The first-order chi connectivity index (χ1) is 6.97. The Balaban J connectivity index is 0.000000282. The van der Waals surface area contributed by atoms with Crippen molar-refractivity contribution in [1.29, 1.82) is 0 Å². The second kappa shape index (κ2) is 7.78. The summed E-state index contributed by atoms with van der Waals surface area (Å²) in [6.45, 7) is 0. The lowest BCUT2D eigenvalue weighted by Crippen LogP contribution is -1.81. The van der Waals surface area contributed by atoms with Crippen molar-refractivity contribution in [2.75, 3.05) is 0 Å². The summed E-state index contributed by atoms with van der Waals surface area (Å²) in [6, 6.07) is 3.88. The van der Waals surface area contributed by atoms with Gasteiger partial charge < -0.3 is 0 Å². The molecule has 1 aliphatic heterocycles. The second-order valence-corrected chi connectivity index (χ2v) is 2.64. The molecule has 0 atom stereocenters. The van der Waals surface area contributed by atoms with Gasteiger partial charge in [-0.05, 0) is 12.1 Å². The predicted octanol–water partition coefficient (Wildman–Crippen LogP) is 1.99. The van der Waals surface area contributed by atoms with Gasteiger partial charge in [-0.25, -0.2) is 0 Å². The summed E-state index contributed by atoms with van der Waals surface area (Å²) in [4.78, 5) is 8.25. The van der Waals surface area contributed by atoms with Crippen molar-refractivity contribution in [3.05, 3.63) is 36.4 Å². The van der Waals surface area contributed by atoms with E-state index < -0.39 is 0 Å². The Hall–Kier alpha value is -1.46. The van der Waals surface area contributed by atoms with Crippen LogP contribution in [0.2, 0.25) is 0 Å². The minimum Gasteiger partial charge on any atom is -0.259 e. The second-order valence-electron chi connectivity index (χ2n) is 2.64. The van der Waals surface area contributed by atoms with Crippen molar-refractivity contribution < 1.29 is 0 Å². The molecule has 86 valence electrons. The molecule has 0 aliphatic carbocycles. The highest BCUT2D eigenvalue weighted by Crippen LogP contribution is 2.19. The van der Waals surface area contributed by atoms with Gasteiger partial charge in [0.2, 0.25) is 0 Å². The van der Waals surface area contributed by atoms with Crippen molar-refractivity contribution in [3.8, 4) is 0 Å². The maximum atomic E-state index is 4.13. The van der Waals surface area contributed by atoms with E-state index in [-0.39, 0.29) is 24.8 Å². The first-order valence-corrected chi connectivity index (χ1v) is 4.23. The molecular weight excluding hydrogens is 249 g/mol. The lowest BCUT2D eigenvalue weighted by molar-refractivity contribution is 0.940. The summed E-state index contributed by atoms with van der Waals surface area (Å²) in [6.07, 6.45) is 7.75. The fourth-order valence-corrected chi connectivity index (χ4v) is 1.10. The number of rotatable bonds is 0. The fraction of sp³-hybridized carbons (Fsp3) is 0.111. The zero-order valence-electron chi connectivity index (χ0n) is 8.28. The Morgan fingerprint density at radius 2 is 1.81 bits per heavy atom. The number of aromatic nitrogens is 4. The third kappa shape index (κ3) is 3.96. The number of pyridine rings is 1. The van der Waals surface area contributed by atoms with Gasteiger partial charge in [0.1, 0.15) is 0 Å². The van der Waals surface area contributed by atoms with Crippen LogP contribution >= 0.6 is 24.8 Å². The van der Waals surface area contributed by atoms with Crippen molar-refractivity contribution >= 4 is 36.7 Å². The number of aliphatic imine (C=N–C) groups is 1. The number of aromatic amines is 1. The largest absolute Gasteiger partial charge is 0.259 e. The van der Waals surface area contributed by atoms with Crippen molar-refractivity contribution in [3.63, 3.8) is 0 Å². The number of H-pyrrole nitrogens is 1. The highest BCUT2D eigenvalue weighted by atomic mass is 35.5. The molecule has 1 aliphatic rings. The number of fused-ring (bicyclic) bond motifs is 1. The molecule has 0 spiro atoms. The van der Waals surface area contributed by atoms with Crippen LogP contribution in [0, 0.1) is 0 Å². The third-order valence-corrected chi connectivity index (χ3v) is 1.71. The molecular formula is C9H11Cl2N5. The van der Waals surface area contributed by atoms with E-state index in [2.05, 4.69) is 25.4 Å². The first-order valence-electron chi connectivity index (χ1n) is 4.23. The molecule has 0 unspecified atom stereocenters. The SMILES string of the molecule is C1=Nc2cccnc2C1.Cl.Cl.c1cn[nH]n1. The van der Waals surface area contributed by atoms with Crippen LogP contribution in [-0.4, -0.2) is 26.6 Å². The van der Waals surface area contributed by atoms with Gasteiger partial charge in [0, 0.05) is 18.8 Å². The maximum Gasteiger partial charge on any atom is 0.0844 e. The van der Waals surface area contributed by atoms with Gasteiger partial charge in [-0.2, -0.15) is 15.4 Å². The van der Waals surface area contributed by atoms with Gasteiger partial charge in [0.05, 0.1) is 23.8 Å². The van der Waals surface area contributed by atoms with E-state index in [0.29, 0.717) is 0 Å². The minimum atomic E-state index is 0. The molecule has 7 heteroatoms. The molecule has 3 heterocycles. The summed E-state index contributed by atoms with van der Waals surface area (Å²) < 4.78 is 0. The van der Waals surface area contributed by atoms with Crippen molar-refractivity contribution in [2.45, 2.75) is 6.42 Å². The molecule has 0 amide bonds. The summed E-state index contributed by atoms with van der Waals surface area (Å²) in [5.41, 5.74) is 2.12. The van der Waals surface area contributed by atoms with Crippen LogP contribution in [0.4, 0.5) is 5.69 Å². The van der Waals surface area contributed by atoms with Crippen molar-refractivity contribution in [2.24, 2.45) is 4.99 Å². The van der Waals surface area contributed by atoms with Crippen LogP contribution in [0.5, 0.6) is 0 Å². The highest BCUT2D eigenvalue weighted by molar-refractivity contribution is 5.85. The van der Waals surface area contributed by atoms with E-state index in [1.54, 1.807) is 18.6 Å². The van der Waals surface area contributed by atoms with E-state index in [9.17, 15) is 0 Å². The third-order valence-electron chi connectivity index (χ3n) is 1.71. The quantitative estimate of drug-likeness (QED) is 0.787. The normalized spacial score (nSPS) is 10.2. The molecule has 16 heavy (non-hydrogen) atoms. The molecule has 2 aromatic rings. The molecule has 0 fully saturated rings. The van der Waals surface area contributed by atoms with Gasteiger partial charge in [-0.15, -0.1) is 24.8 Å². The van der Waals surface area contributed by atoms with Crippen LogP contribution in [-0.2, 0) is 6.42 Å². The minimum absolute atomic E-state index is 0. The van der Waals surface area contributed by atoms with Gasteiger partial charge in [-0.3, -0.25) is 9.98 Å². The topological polar surface area (TPSA) is 66.8 Å². The molecule has 1 N–H and O–H groups in total. The summed E-state index contributed by atoms with van der Waals surface area (Å²) in [7, 11) is 0. The summed E-state index contributed by atoms with van der Waals surface area (Å²) in [5, 5.41) is 9.33. The number of nitrogens with one attached hydrogen (secondary N) is 1. The van der Waals surface area contributed by atoms with Gasteiger partial charge in [0.15, 0.2) is 0 Å².